The van der Waals surface area contributed by atoms with Crippen molar-refractivity contribution in [2.45, 2.75) is 20.3 Å². The predicted octanol–water partition coefficient (Wildman–Crippen LogP) is 4.59. The minimum Gasteiger partial charge on any atom is -0.495 e. The van der Waals surface area contributed by atoms with Gasteiger partial charge in [-0.3, -0.25) is 4.79 Å². The van der Waals surface area contributed by atoms with Crippen LogP contribution in [0, 0.1) is 19.7 Å². The molecule has 3 aromatic rings. The van der Waals surface area contributed by atoms with Gasteiger partial charge in [0.25, 0.3) is 0 Å². The second-order valence-corrected chi connectivity index (χ2v) is 7.01. The fourth-order valence-electron chi connectivity index (χ4n) is 3.13. The van der Waals surface area contributed by atoms with Gasteiger partial charge in [-0.25, -0.2) is 9.82 Å². The molecular formula is C22H21ClFN3O2. The van der Waals surface area contributed by atoms with E-state index in [9.17, 15) is 9.18 Å². The summed E-state index contributed by atoms with van der Waals surface area (Å²) in [5.74, 6) is 0.0873. The lowest BCUT2D eigenvalue weighted by atomic mass is 10.1. The van der Waals surface area contributed by atoms with E-state index >= 15 is 0 Å². The zero-order valence-corrected chi connectivity index (χ0v) is 17.1. The minimum absolute atomic E-state index is 0.121. The summed E-state index contributed by atoms with van der Waals surface area (Å²) in [6, 6.07) is 13.2. The van der Waals surface area contributed by atoms with Crippen molar-refractivity contribution in [2.24, 2.45) is 5.10 Å². The monoisotopic (exact) mass is 413 g/mol. The zero-order chi connectivity index (χ0) is 21.0. The Kier molecular flexibility index (Phi) is 6.34. The molecule has 7 heteroatoms. The number of carbonyl (C=O) groups is 1. The number of hydrogen-bond donors (Lipinski definition) is 1. The molecule has 2 aromatic carbocycles. The summed E-state index contributed by atoms with van der Waals surface area (Å²) in [4.78, 5) is 12.0. The average Bonchev–Trinajstić information content (AvgIpc) is 2.97. The average molecular weight is 414 g/mol. The fraction of sp³-hybridized carbons (Fsp3) is 0.182. The van der Waals surface area contributed by atoms with Gasteiger partial charge in [-0.05, 0) is 55.8 Å². The molecule has 0 saturated heterocycles. The molecule has 0 fully saturated rings. The third-order valence-electron chi connectivity index (χ3n) is 4.52. The number of methoxy groups -OCH3 is 1. The lowest BCUT2D eigenvalue weighted by Crippen LogP contribution is -2.19. The summed E-state index contributed by atoms with van der Waals surface area (Å²) in [6.07, 6.45) is 1.72. The van der Waals surface area contributed by atoms with Crippen LogP contribution >= 0.6 is 11.6 Å². The third kappa shape index (κ3) is 4.84. The lowest BCUT2D eigenvalue weighted by Gasteiger charge is -2.14. The van der Waals surface area contributed by atoms with E-state index in [1.807, 2.05) is 36.6 Å². The molecular weight excluding hydrogens is 393 g/mol. The quantitative estimate of drug-likeness (QED) is 0.474. The maximum absolute atomic E-state index is 12.9. The Balaban J connectivity index is 1.76. The molecule has 0 saturated carbocycles. The van der Waals surface area contributed by atoms with Crippen molar-refractivity contribution in [2.75, 3.05) is 7.11 Å². The van der Waals surface area contributed by atoms with Crippen molar-refractivity contribution in [3.05, 3.63) is 81.9 Å². The topological polar surface area (TPSA) is 55.6 Å². The molecule has 0 bridgehead atoms. The number of hydrazone groups is 1. The number of aryl methyl sites for hydroxylation is 1. The number of benzene rings is 2. The van der Waals surface area contributed by atoms with Gasteiger partial charge < -0.3 is 9.30 Å². The lowest BCUT2D eigenvalue weighted by molar-refractivity contribution is -0.120. The first-order valence-electron chi connectivity index (χ1n) is 8.98. The molecule has 1 N–H and O–H groups in total. The molecule has 29 heavy (non-hydrogen) atoms. The summed E-state index contributed by atoms with van der Waals surface area (Å²) in [5, 5.41) is 4.66. The smallest absolute Gasteiger partial charge is 0.244 e. The van der Waals surface area contributed by atoms with Gasteiger partial charge in [0, 0.05) is 22.0 Å². The highest BCUT2D eigenvalue weighted by Crippen LogP contribution is 2.30. The van der Waals surface area contributed by atoms with Crippen LogP contribution in [0.5, 0.6) is 5.75 Å². The van der Waals surface area contributed by atoms with E-state index in [-0.39, 0.29) is 18.1 Å². The van der Waals surface area contributed by atoms with Gasteiger partial charge >= 0.3 is 0 Å². The van der Waals surface area contributed by atoms with Crippen molar-refractivity contribution in [3.8, 4) is 11.4 Å². The summed E-state index contributed by atoms with van der Waals surface area (Å²) in [6.45, 7) is 3.92. The highest BCUT2D eigenvalue weighted by molar-refractivity contribution is 6.30. The first kappa shape index (κ1) is 20.6. The Morgan fingerprint density at radius 1 is 1.21 bits per heavy atom. The van der Waals surface area contributed by atoms with Crippen LogP contribution in [-0.4, -0.2) is 23.8 Å². The molecule has 0 aliphatic rings. The number of amides is 1. The number of rotatable bonds is 6. The molecule has 0 atom stereocenters. The summed E-state index contributed by atoms with van der Waals surface area (Å²) < 4.78 is 20.4. The normalized spacial score (nSPS) is 11.1. The number of hydrogen-bond acceptors (Lipinski definition) is 3. The van der Waals surface area contributed by atoms with Gasteiger partial charge in [0.15, 0.2) is 0 Å². The van der Waals surface area contributed by atoms with Gasteiger partial charge in [-0.1, -0.05) is 23.7 Å². The standard InChI is InChI=1S/C22H21ClFN3O2/c1-14-10-17(13-25-26-22(28)11-16-4-7-19(24)8-5-16)15(2)27(14)20-12-18(23)6-9-21(20)29-3/h4-10,12-13H,11H2,1-3H3,(H,26,28)/b25-13+. The van der Waals surface area contributed by atoms with E-state index in [0.717, 1.165) is 22.6 Å². The maximum atomic E-state index is 12.9. The van der Waals surface area contributed by atoms with E-state index in [4.69, 9.17) is 16.3 Å². The van der Waals surface area contributed by atoms with E-state index in [0.29, 0.717) is 16.3 Å². The Morgan fingerprint density at radius 3 is 2.62 bits per heavy atom. The Bertz CT molecular complexity index is 1060. The fourth-order valence-corrected chi connectivity index (χ4v) is 3.29. The second kappa shape index (κ2) is 8.92. The van der Waals surface area contributed by atoms with E-state index < -0.39 is 0 Å². The van der Waals surface area contributed by atoms with Crippen molar-refractivity contribution < 1.29 is 13.9 Å². The number of carbonyl (C=O) groups excluding carboxylic acids is 1. The molecule has 3 rings (SSSR count). The highest BCUT2D eigenvalue weighted by Gasteiger charge is 2.14. The second-order valence-electron chi connectivity index (χ2n) is 6.57. The Hall–Kier alpha value is -3.12. The number of nitrogens with one attached hydrogen (secondary N) is 1. The van der Waals surface area contributed by atoms with E-state index in [1.165, 1.54) is 12.1 Å². The molecule has 1 heterocycles. The van der Waals surface area contributed by atoms with E-state index in [2.05, 4.69) is 10.5 Å². The van der Waals surface area contributed by atoms with Crippen LogP contribution in [0.15, 0.2) is 53.6 Å². The van der Waals surface area contributed by atoms with Crippen molar-refractivity contribution in [1.82, 2.24) is 9.99 Å². The molecule has 150 valence electrons. The Morgan fingerprint density at radius 2 is 1.93 bits per heavy atom. The number of ether oxygens (including phenoxy) is 1. The summed E-state index contributed by atoms with van der Waals surface area (Å²) in [5.41, 5.74) is 6.80. The van der Waals surface area contributed by atoms with Crippen LogP contribution in [0.4, 0.5) is 4.39 Å². The van der Waals surface area contributed by atoms with Crippen LogP contribution in [0.2, 0.25) is 5.02 Å². The molecule has 1 aromatic heterocycles. The summed E-state index contributed by atoms with van der Waals surface area (Å²) >= 11 is 6.17. The molecule has 1 amide bonds. The third-order valence-corrected chi connectivity index (χ3v) is 4.76. The molecule has 0 unspecified atom stereocenters. The van der Waals surface area contributed by atoms with Crippen LogP contribution in [0.25, 0.3) is 5.69 Å². The van der Waals surface area contributed by atoms with Crippen molar-refractivity contribution in [3.63, 3.8) is 0 Å². The number of halogens is 2. The van der Waals surface area contributed by atoms with Crippen LogP contribution in [0.3, 0.4) is 0 Å². The first-order valence-corrected chi connectivity index (χ1v) is 9.36. The maximum Gasteiger partial charge on any atom is 0.244 e. The predicted molar refractivity (Wildman–Crippen MR) is 113 cm³/mol. The van der Waals surface area contributed by atoms with Crippen molar-refractivity contribution in [1.29, 1.82) is 0 Å². The molecule has 0 aliphatic heterocycles. The molecule has 0 radical (unpaired) electrons. The molecule has 5 nitrogen and oxygen atoms in total. The van der Waals surface area contributed by atoms with Crippen LogP contribution in [0.1, 0.15) is 22.5 Å². The van der Waals surface area contributed by atoms with Gasteiger partial charge in [0.2, 0.25) is 5.91 Å². The van der Waals surface area contributed by atoms with Gasteiger partial charge in [0.05, 0.1) is 25.4 Å². The van der Waals surface area contributed by atoms with Crippen molar-refractivity contribution >= 4 is 23.7 Å². The summed E-state index contributed by atoms with van der Waals surface area (Å²) in [7, 11) is 1.61. The van der Waals surface area contributed by atoms with Crippen LogP contribution < -0.4 is 10.2 Å². The molecule has 0 spiro atoms. The van der Waals surface area contributed by atoms with Gasteiger partial charge in [-0.15, -0.1) is 0 Å². The largest absolute Gasteiger partial charge is 0.495 e. The van der Waals surface area contributed by atoms with E-state index in [1.54, 1.807) is 31.5 Å². The highest BCUT2D eigenvalue weighted by atomic mass is 35.5. The van der Waals surface area contributed by atoms with Gasteiger partial charge in [0.1, 0.15) is 11.6 Å². The first-order chi connectivity index (χ1) is 13.9. The van der Waals surface area contributed by atoms with Gasteiger partial charge in [-0.2, -0.15) is 5.10 Å². The number of aromatic nitrogens is 1. The minimum atomic E-state index is -0.334. The zero-order valence-electron chi connectivity index (χ0n) is 16.4. The SMILES string of the molecule is COc1ccc(Cl)cc1-n1c(C)cc(/C=N/NC(=O)Cc2ccc(F)cc2)c1C. The van der Waals surface area contributed by atoms with Crippen LogP contribution in [-0.2, 0) is 11.2 Å². The molecule has 0 aliphatic carbocycles. The Labute approximate surface area is 173 Å². The number of nitrogens with zero attached hydrogens (tertiary/aromatic N) is 2.